The zero-order valence-electron chi connectivity index (χ0n) is 15.8. The highest BCUT2D eigenvalue weighted by molar-refractivity contribution is 5.23. The largest absolute Gasteiger partial charge is 0.159 e. The van der Waals surface area contributed by atoms with Gasteiger partial charge in [0.05, 0.1) is 12.4 Å². The molecule has 2 nitrogen and oxygen atoms in total. The van der Waals surface area contributed by atoms with E-state index in [1.165, 1.54) is 94.6 Å². The third kappa shape index (κ3) is 9.07. The highest BCUT2D eigenvalue weighted by Crippen LogP contribution is 2.29. The lowest BCUT2D eigenvalue weighted by atomic mass is 9.87. The summed E-state index contributed by atoms with van der Waals surface area (Å²) < 4.78 is 0. The molecule has 0 aliphatic carbocycles. The van der Waals surface area contributed by atoms with Crippen molar-refractivity contribution in [1.82, 2.24) is 10.2 Å². The van der Waals surface area contributed by atoms with Gasteiger partial charge in [-0.25, -0.2) is 0 Å². The second-order valence-corrected chi connectivity index (χ2v) is 7.08. The van der Waals surface area contributed by atoms with Crippen LogP contribution in [0.25, 0.3) is 0 Å². The summed E-state index contributed by atoms with van der Waals surface area (Å²) in [5.41, 5.74) is 2.75. The maximum atomic E-state index is 4.12. The Hall–Kier alpha value is -0.920. The minimum atomic E-state index is 0.690. The first-order valence-electron chi connectivity index (χ1n) is 10.1. The highest BCUT2D eigenvalue weighted by atomic mass is 15.1. The van der Waals surface area contributed by atoms with Crippen molar-refractivity contribution in [3.8, 4) is 0 Å². The fourth-order valence-electron chi connectivity index (χ4n) is 3.43. The molecule has 0 amide bonds. The third-order valence-electron chi connectivity index (χ3n) is 4.97. The minimum absolute atomic E-state index is 0.690. The molecule has 0 aliphatic heterocycles. The summed E-state index contributed by atoms with van der Waals surface area (Å²) in [5, 5.41) is 8.13. The number of nitrogens with zero attached hydrogens (tertiary/aromatic N) is 2. The molecule has 23 heavy (non-hydrogen) atoms. The summed E-state index contributed by atoms with van der Waals surface area (Å²) >= 11 is 0. The molecule has 0 radical (unpaired) electrons. The predicted molar refractivity (Wildman–Crippen MR) is 101 cm³/mol. The van der Waals surface area contributed by atoms with Crippen LogP contribution in [0, 0.1) is 6.92 Å². The lowest BCUT2D eigenvalue weighted by Crippen LogP contribution is -2.03. The van der Waals surface area contributed by atoms with E-state index in [0.29, 0.717) is 5.92 Å². The van der Waals surface area contributed by atoms with Gasteiger partial charge in [-0.2, -0.15) is 10.2 Å². The van der Waals surface area contributed by atoms with Crippen LogP contribution in [0.15, 0.2) is 12.4 Å². The Morgan fingerprint density at radius 2 is 1.22 bits per heavy atom. The molecule has 2 heteroatoms. The quantitative estimate of drug-likeness (QED) is 0.346. The van der Waals surface area contributed by atoms with Gasteiger partial charge in [0.1, 0.15) is 0 Å². The van der Waals surface area contributed by atoms with E-state index in [4.69, 9.17) is 0 Å². The molecule has 132 valence electrons. The Morgan fingerprint density at radius 1 is 0.696 bits per heavy atom. The molecule has 1 atom stereocenters. The van der Waals surface area contributed by atoms with Gasteiger partial charge in [-0.1, -0.05) is 84.5 Å². The number of unbranched alkanes of at least 4 members (excludes halogenated alkanes) is 9. The van der Waals surface area contributed by atoms with Gasteiger partial charge in [0, 0.05) is 0 Å². The minimum Gasteiger partial charge on any atom is -0.159 e. The van der Waals surface area contributed by atoms with Crippen molar-refractivity contribution in [2.45, 2.75) is 110 Å². The SMILES string of the molecule is CCCCCCCCCCCC(CCCC)c1cnncc1C. The zero-order valence-corrected chi connectivity index (χ0v) is 15.8. The molecule has 0 N–H and O–H groups in total. The average molecular weight is 319 g/mol. The smallest absolute Gasteiger partial charge is 0.0533 e. The molecular formula is C21H38N2. The Kier molecular flexibility index (Phi) is 11.8. The van der Waals surface area contributed by atoms with Crippen LogP contribution in [-0.2, 0) is 0 Å². The molecule has 1 aromatic heterocycles. The molecule has 0 saturated heterocycles. The molecule has 0 aliphatic rings. The van der Waals surface area contributed by atoms with Crippen LogP contribution in [0.1, 0.15) is 114 Å². The summed E-state index contributed by atoms with van der Waals surface area (Å²) in [5.74, 6) is 0.690. The summed E-state index contributed by atoms with van der Waals surface area (Å²) in [6.45, 7) is 6.75. The lowest BCUT2D eigenvalue weighted by Gasteiger charge is -2.18. The molecular weight excluding hydrogens is 280 g/mol. The van der Waals surface area contributed by atoms with E-state index in [0.717, 1.165) is 0 Å². The van der Waals surface area contributed by atoms with Gasteiger partial charge in [-0.3, -0.25) is 0 Å². The number of hydrogen-bond donors (Lipinski definition) is 0. The van der Waals surface area contributed by atoms with Gasteiger partial charge in [-0.05, 0) is 36.8 Å². The average Bonchev–Trinajstić information content (AvgIpc) is 2.57. The van der Waals surface area contributed by atoms with Crippen molar-refractivity contribution in [1.29, 1.82) is 0 Å². The third-order valence-corrected chi connectivity index (χ3v) is 4.97. The Morgan fingerprint density at radius 3 is 1.83 bits per heavy atom. The van der Waals surface area contributed by atoms with E-state index in [2.05, 4.69) is 31.0 Å². The molecule has 0 aromatic carbocycles. The number of aromatic nitrogens is 2. The van der Waals surface area contributed by atoms with Gasteiger partial charge < -0.3 is 0 Å². The Balaban J connectivity index is 2.23. The van der Waals surface area contributed by atoms with Gasteiger partial charge >= 0.3 is 0 Å². The first-order chi connectivity index (χ1) is 11.3. The van der Waals surface area contributed by atoms with Crippen molar-refractivity contribution < 1.29 is 0 Å². The van der Waals surface area contributed by atoms with E-state index in [1.807, 2.05) is 12.4 Å². The maximum Gasteiger partial charge on any atom is 0.0533 e. The van der Waals surface area contributed by atoms with Crippen molar-refractivity contribution in [3.05, 3.63) is 23.5 Å². The van der Waals surface area contributed by atoms with Crippen LogP contribution in [0.2, 0.25) is 0 Å². The lowest BCUT2D eigenvalue weighted by molar-refractivity contribution is 0.494. The predicted octanol–water partition coefficient (Wildman–Crippen LogP) is 6.98. The second-order valence-electron chi connectivity index (χ2n) is 7.08. The summed E-state index contributed by atoms with van der Waals surface area (Å²) in [6, 6.07) is 0. The van der Waals surface area contributed by atoms with Gasteiger partial charge in [0.25, 0.3) is 0 Å². The van der Waals surface area contributed by atoms with Crippen LogP contribution in [0.3, 0.4) is 0 Å². The molecule has 0 saturated carbocycles. The second kappa shape index (κ2) is 13.5. The van der Waals surface area contributed by atoms with Crippen LogP contribution in [0.5, 0.6) is 0 Å². The highest BCUT2D eigenvalue weighted by Gasteiger charge is 2.13. The summed E-state index contributed by atoms with van der Waals surface area (Å²) in [4.78, 5) is 0. The van der Waals surface area contributed by atoms with E-state index < -0.39 is 0 Å². The van der Waals surface area contributed by atoms with Crippen LogP contribution in [-0.4, -0.2) is 10.2 Å². The van der Waals surface area contributed by atoms with Gasteiger partial charge in [0.15, 0.2) is 0 Å². The standard InChI is InChI=1S/C21H38N2/c1-4-6-8-9-10-11-12-13-14-16-20(15-7-5-2)21-18-23-22-17-19(21)3/h17-18,20H,4-16H2,1-3H3. The Labute approximate surface area is 144 Å². The van der Waals surface area contributed by atoms with Crippen LogP contribution < -0.4 is 0 Å². The number of rotatable bonds is 14. The molecule has 1 rings (SSSR count). The number of aryl methyl sites for hydroxylation is 1. The van der Waals surface area contributed by atoms with E-state index >= 15 is 0 Å². The molecule has 0 fully saturated rings. The first kappa shape index (κ1) is 20.1. The normalized spacial score (nSPS) is 12.5. The Bertz CT molecular complexity index is 389. The van der Waals surface area contributed by atoms with Crippen molar-refractivity contribution >= 4 is 0 Å². The van der Waals surface area contributed by atoms with Crippen LogP contribution >= 0.6 is 0 Å². The first-order valence-corrected chi connectivity index (χ1v) is 10.1. The molecule has 0 bridgehead atoms. The summed E-state index contributed by atoms with van der Waals surface area (Å²) in [7, 11) is 0. The van der Waals surface area contributed by atoms with Gasteiger partial charge in [0.2, 0.25) is 0 Å². The zero-order chi connectivity index (χ0) is 16.8. The van der Waals surface area contributed by atoms with E-state index in [9.17, 15) is 0 Å². The fourth-order valence-corrected chi connectivity index (χ4v) is 3.43. The van der Waals surface area contributed by atoms with Crippen LogP contribution in [0.4, 0.5) is 0 Å². The van der Waals surface area contributed by atoms with E-state index in [-0.39, 0.29) is 0 Å². The topological polar surface area (TPSA) is 25.8 Å². The monoisotopic (exact) mass is 318 g/mol. The fraction of sp³-hybridized carbons (Fsp3) is 0.810. The number of hydrogen-bond acceptors (Lipinski definition) is 2. The van der Waals surface area contributed by atoms with Crippen molar-refractivity contribution in [2.75, 3.05) is 0 Å². The molecule has 1 aromatic rings. The van der Waals surface area contributed by atoms with E-state index in [1.54, 1.807) is 0 Å². The maximum absolute atomic E-state index is 4.12. The summed E-state index contributed by atoms with van der Waals surface area (Å²) in [6.07, 6.45) is 21.8. The van der Waals surface area contributed by atoms with Crippen molar-refractivity contribution in [3.63, 3.8) is 0 Å². The van der Waals surface area contributed by atoms with Crippen molar-refractivity contribution in [2.24, 2.45) is 0 Å². The van der Waals surface area contributed by atoms with Gasteiger partial charge in [-0.15, -0.1) is 0 Å². The molecule has 1 heterocycles. The molecule has 0 spiro atoms. The molecule has 1 unspecified atom stereocenters.